The molecule has 0 aromatic rings. The van der Waals surface area contributed by atoms with Crippen molar-refractivity contribution >= 4 is 11.9 Å². The van der Waals surface area contributed by atoms with Gasteiger partial charge in [-0.1, -0.05) is 0 Å². The molecule has 14 nitrogen and oxygen atoms in total. The van der Waals surface area contributed by atoms with Crippen LogP contribution in [0, 0.1) is 10.8 Å². The quantitative estimate of drug-likeness (QED) is 0.231. The van der Waals surface area contributed by atoms with Crippen molar-refractivity contribution in [3.63, 3.8) is 0 Å². The maximum absolute atomic E-state index is 11.7. The van der Waals surface area contributed by atoms with E-state index in [1.165, 1.54) is 0 Å². The Balaban J connectivity index is 0.000000368. The van der Waals surface area contributed by atoms with Gasteiger partial charge in [0.25, 0.3) is 0 Å². The Morgan fingerprint density at radius 3 is 1.19 bits per heavy atom. The zero-order chi connectivity index (χ0) is 37.1. The molecule has 0 bridgehead atoms. The van der Waals surface area contributed by atoms with Crippen LogP contribution in [0.25, 0.3) is 0 Å². The molecule has 284 valence electrons. The zero-order valence-corrected chi connectivity index (χ0v) is 31.2. The molecule has 3 heterocycles. The summed E-state index contributed by atoms with van der Waals surface area (Å²) in [5, 5.41) is 35.8. The lowest BCUT2D eigenvalue weighted by molar-refractivity contribution is -0.165. The Morgan fingerprint density at radius 1 is 0.521 bits per heavy atom. The molecule has 14 heteroatoms. The maximum Gasteiger partial charge on any atom is 0.311 e. The van der Waals surface area contributed by atoms with E-state index in [2.05, 4.69) is 0 Å². The Hall–Kier alpha value is -1.46. The minimum absolute atomic E-state index is 0.0217. The molecular weight excluding hydrogens is 632 g/mol. The van der Waals surface area contributed by atoms with Crippen LogP contribution in [-0.2, 0) is 47.5 Å². The number of esters is 2. The van der Waals surface area contributed by atoms with E-state index in [4.69, 9.17) is 53.2 Å². The Morgan fingerprint density at radius 2 is 0.833 bits per heavy atom. The second-order valence-electron chi connectivity index (χ2n) is 15.6. The van der Waals surface area contributed by atoms with E-state index in [9.17, 15) is 14.7 Å². The lowest BCUT2D eigenvalue weighted by Crippen LogP contribution is -2.32. The molecule has 0 amide bonds. The number of carbonyl (C=O) groups is 2. The van der Waals surface area contributed by atoms with E-state index in [0.29, 0.717) is 19.3 Å². The first-order valence-corrected chi connectivity index (χ1v) is 16.7. The summed E-state index contributed by atoms with van der Waals surface area (Å²) in [6, 6.07) is 0. The topological polar surface area (TPSA) is 189 Å². The molecule has 4 N–H and O–H groups in total. The second kappa shape index (κ2) is 18.7. The van der Waals surface area contributed by atoms with Crippen molar-refractivity contribution in [1.29, 1.82) is 0 Å². The number of hydrogen-bond acceptors (Lipinski definition) is 14. The summed E-state index contributed by atoms with van der Waals surface area (Å²) in [6.07, 6.45) is -0.128. The molecule has 0 aliphatic carbocycles. The fourth-order valence-corrected chi connectivity index (χ4v) is 5.02. The van der Waals surface area contributed by atoms with E-state index < -0.39 is 28.2 Å². The monoisotopic (exact) mass is 696 g/mol. The summed E-state index contributed by atoms with van der Waals surface area (Å²) in [7, 11) is 0. The molecule has 0 aromatic heterocycles. The minimum atomic E-state index is -0.696. The van der Waals surface area contributed by atoms with Crippen molar-refractivity contribution in [1.82, 2.24) is 0 Å². The standard InChI is InChI=1S/2C13H24O5.C8H16O4/c1-12(2,3)11(15)16-7-6-9-10(8-14)18-13(4,5)17-9;1-12(2,3)11(15)16-8-10-9(6-7-14)17-13(4,5)18-10;1-8(2)11-6(3-4-9)7(5-10)12-8/h2*9-10,14H,6-8H2,1-5H3;6-7,9-10H,3-5H2,1-2H3/t2*9-,10+;6-,7+/m000/s1. The highest BCUT2D eigenvalue weighted by atomic mass is 16.8. The number of carbonyl (C=O) groups excluding carboxylic acids is 2. The SMILES string of the molecule is CC1(C)O[C@@H](CCO)[C@@H](CO)O1.CC1(C)O[C@@H](CCO)[C@@H](COC(=O)C(C)(C)C)O1.CC1(C)O[C@@H](CCOC(=O)C(C)(C)C)[C@@H](CO)O1. The van der Waals surface area contributed by atoms with Gasteiger partial charge in [-0.2, -0.15) is 0 Å². The van der Waals surface area contributed by atoms with E-state index in [-0.39, 0.29) is 88.2 Å². The maximum atomic E-state index is 11.7. The highest BCUT2D eigenvalue weighted by molar-refractivity contribution is 5.75. The van der Waals surface area contributed by atoms with Crippen LogP contribution in [0.2, 0.25) is 0 Å². The van der Waals surface area contributed by atoms with Gasteiger partial charge in [0.05, 0.1) is 49.0 Å². The van der Waals surface area contributed by atoms with E-state index >= 15 is 0 Å². The van der Waals surface area contributed by atoms with Crippen LogP contribution < -0.4 is 0 Å². The van der Waals surface area contributed by atoms with Gasteiger partial charge in [0, 0.05) is 19.6 Å². The molecule has 48 heavy (non-hydrogen) atoms. The van der Waals surface area contributed by atoms with Gasteiger partial charge in [0.1, 0.15) is 24.9 Å². The highest BCUT2D eigenvalue weighted by Gasteiger charge is 2.43. The summed E-state index contributed by atoms with van der Waals surface area (Å²) in [5.41, 5.74) is -1.02. The van der Waals surface area contributed by atoms with Crippen LogP contribution in [0.1, 0.15) is 102 Å². The molecule has 0 spiro atoms. The third-order valence-corrected chi connectivity index (χ3v) is 7.28. The van der Waals surface area contributed by atoms with Crippen molar-refractivity contribution in [3.05, 3.63) is 0 Å². The molecule has 0 unspecified atom stereocenters. The third kappa shape index (κ3) is 15.6. The molecular formula is C34H64O14. The Labute approximate surface area is 286 Å². The van der Waals surface area contributed by atoms with Gasteiger partial charge in [-0.3, -0.25) is 9.59 Å². The normalized spacial score (nSPS) is 28.9. The summed E-state index contributed by atoms with van der Waals surface area (Å²) in [4.78, 5) is 23.3. The Bertz CT molecular complexity index is 968. The number of aliphatic hydroxyl groups excluding tert-OH is 4. The summed E-state index contributed by atoms with van der Waals surface area (Å²) < 4.78 is 43.7. The van der Waals surface area contributed by atoms with Crippen LogP contribution in [-0.4, -0.2) is 126 Å². The smallest absolute Gasteiger partial charge is 0.311 e. The lowest BCUT2D eigenvalue weighted by Gasteiger charge is -2.20. The minimum Gasteiger partial charge on any atom is -0.465 e. The van der Waals surface area contributed by atoms with Crippen LogP contribution in [0.3, 0.4) is 0 Å². The first kappa shape index (κ1) is 44.6. The number of aliphatic hydroxyl groups is 4. The van der Waals surface area contributed by atoms with Crippen molar-refractivity contribution in [3.8, 4) is 0 Å². The predicted octanol–water partition coefficient (Wildman–Crippen LogP) is 2.84. The fraction of sp³-hybridized carbons (Fsp3) is 0.941. The van der Waals surface area contributed by atoms with Gasteiger partial charge in [0.15, 0.2) is 17.4 Å². The van der Waals surface area contributed by atoms with Crippen molar-refractivity contribution < 1.29 is 67.9 Å². The van der Waals surface area contributed by atoms with Gasteiger partial charge in [-0.25, -0.2) is 0 Å². The van der Waals surface area contributed by atoms with Gasteiger partial charge < -0.3 is 58.3 Å². The third-order valence-electron chi connectivity index (χ3n) is 7.28. The molecule has 0 aromatic carbocycles. The van der Waals surface area contributed by atoms with Crippen molar-refractivity contribution in [2.75, 3.05) is 39.6 Å². The van der Waals surface area contributed by atoms with Crippen LogP contribution in [0.4, 0.5) is 0 Å². The largest absolute Gasteiger partial charge is 0.465 e. The first-order chi connectivity index (χ1) is 21.9. The van der Waals surface area contributed by atoms with Gasteiger partial charge in [-0.15, -0.1) is 0 Å². The van der Waals surface area contributed by atoms with Crippen molar-refractivity contribution in [2.24, 2.45) is 10.8 Å². The average molecular weight is 697 g/mol. The van der Waals surface area contributed by atoms with Crippen LogP contribution >= 0.6 is 0 Å². The number of rotatable bonds is 11. The Kier molecular flexibility index (Phi) is 17.3. The van der Waals surface area contributed by atoms with E-state index in [1.54, 1.807) is 48.5 Å². The fourth-order valence-electron chi connectivity index (χ4n) is 5.02. The average Bonchev–Trinajstić information content (AvgIpc) is 3.53. The lowest BCUT2D eigenvalue weighted by atomic mass is 9.97. The predicted molar refractivity (Wildman–Crippen MR) is 174 cm³/mol. The van der Waals surface area contributed by atoms with E-state index in [1.807, 2.05) is 34.6 Å². The second-order valence-corrected chi connectivity index (χ2v) is 15.6. The first-order valence-electron chi connectivity index (χ1n) is 16.7. The molecule has 0 saturated carbocycles. The summed E-state index contributed by atoms with van der Waals surface area (Å²) in [6.45, 7) is 22.0. The highest BCUT2D eigenvalue weighted by Crippen LogP contribution is 2.32. The molecule has 3 aliphatic rings. The van der Waals surface area contributed by atoms with E-state index in [0.717, 1.165) is 0 Å². The molecule has 3 rings (SSSR count). The number of ether oxygens (including phenoxy) is 8. The molecule has 3 fully saturated rings. The van der Waals surface area contributed by atoms with Crippen molar-refractivity contribution in [2.45, 2.75) is 156 Å². The molecule has 3 saturated heterocycles. The summed E-state index contributed by atoms with van der Waals surface area (Å²) in [5.74, 6) is -2.52. The van der Waals surface area contributed by atoms with Gasteiger partial charge in [-0.05, 0) is 95.9 Å². The summed E-state index contributed by atoms with van der Waals surface area (Å²) >= 11 is 0. The molecule has 6 atom stereocenters. The van der Waals surface area contributed by atoms with Crippen LogP contribution in [0.15, 0.2) is 0 Å². The molecule has 3 aliphatic heterocycles. The zero-order valence-electron chi connectivity index (χ0n) is 31.2. The van der Waals surface area contributed by atoms with Gasteiger partial charge in [0.2, 0.25) is 0 Å². The number of hydrogen-bond donors (Lipinski definition) is 4. The van der Waals surface area contributed by atoms with Crippen LogP contribution in [0.5, 0.6) is 0 Å². The van der Waals surface area contributed by atoms with Gasteiger partial charge >= 0.3 is 11.9 Å². The molecule has 0 radical (unpaired) electrons.